The van der Waals surface area contributed by atoms with Gasteiger partial charge in [0.25, 0.3) is 0 Å². The van der Waals surface area contributed by atoms with Gasteiger partial charge < -0.3 is 29.8 Å². The van der Waals surface area contributed by atoms with Crippen molar-refractivity contribution in [3.05, 3.63) is 90.1 Å². The topological polar surface area (TPSA) is 104 Å². The van der Waals surface area contributed by atoms with Crippen LogP contribution in [0.15, 0.2) is 79.0 Å². The number of aromatic nitrogens is 1. The van der Waals surface area contributed by atoms with Crippen LogP contribution in [-0.4, -0.2) is 73.4 Å². The summed E-state index contributed by atoms with van der Waals surface area (Å²) in [6, 6.07) is 24.5. The van der Waals surface area contributed by atoms with Crippen LogP contribution in [0.4, 0.5) is 5.69 Å². The number of para-hydroxylation sites is 1. The fourth-order valence-electron chi connectivity index (χ4n) is 8.26. The van der Waals surface area contributed by atoms with Gasteiger partial charge in [0, 0.05) is 29.3 Å². The lowest BCUT2D eigenvalue weighted by molar-refractivity contribution is -0.135. The zero-order valence-electron chi connectivity index (χ0n) is 28.6. The van der Waals surface area contributed by atoms with E-state index in [1.165, 1.54) is 5.19 Å². The Morgan fingerprint density at radius 3 is 2.62 bits per heavy atom. The molecule has 5 atom stereocenters. The average Bonchev–Trinajstić information content (AvgIpc) is 3.81. The Balaban J connectivity index is 1.14. The first kappa shape index (κ1) is 34.0. The summed E-state index contributed by atoms with van der Waals surface area (Å²) in [5.41, 5.74) is 4.18. The minimum atomic E-state index is -2.11. The third-order valence-corrected chi connectivity index (χ3v) is 15.2. The second kappa shape index (κ2) is 14.7. The fourth-order valence-corrected chi connectivity index (χ4v) is 12.3. The second-order valence-electron chi connectivity index (χ2n) is 14.1. The van der Waals surface area contributed by atoms with E-state index < -0.39 is 8.07 Å². The van der Waals surface area contributed by atoms with Crippen LogP contribution in [-0.2, 0) is 27.2 Å². The van der Waals surface area contributed by atoms with Crippen molar-refractivity contribution in [3.63, 3.8) is 0 Å². The Kier molecular flexibility index (Phi) is 10.4. The number of aryl methyl sites for hydroxylation is 1. The van der Waals surface area contributed by atoms with Crippen LogP contribution in [0.2, 0.25) is 18.6 Å². The normalized spacial score (nSPS) is 22.7. The molecule has 254 valence electrons. The molecule has 0 aliphatic carbocycles. The van der Waals surface area contributed by atoms with Gasteiger partial charge in [-0.2, -0.15) is 0 Å². The summed E-state index contributed by atoms with van der Waals surface area (Å²) in [6.07, 6.45) is 5.78. The molecule has 9 heteroatoms. The highest BCUT2D eigenvalue weighted by Crippen LogP contribution is 2.46. The van der Waals surface area contributed by atoms with Crippen molar-refractivity contribution < 1.29 is 24.2 Å². The third kappa shape index (κ3) is 7.23. The summed E-state index contributed by atoms with van der Waals surface area (Å²) in [5.74, 6) is 1.14. The maximum atomic E-state index is 13.6. The van der Waals surface area contributed by atoms with Gasteiger partial charge in [0.1, 0.15) is 5.75 Å². The number of aliphatic hydroxyl groups is 1. The Labute approximate surface area is 284 Å². The molecule has 2 aliphatic heterocycles. The highest BCUT2D eigenvalue weighted by atomic mass is 28.3. The fraction of sp³-hybridized carbons (Fsp3) is 0.436. The van der Waals surface area contributed by atoms with Crippen LogP contribution in [0.5, 0.6) is 5.75 Å². The zero-order valence-corrected chi connectivity index (χ0v) is 29.6. The maximum absolute atomic E-state index is 13.6. The predicted octanol–water partition coefficient (Wildman–Crippen LogP) is 6.05. The monoisotopic (exact) mass is 667 g/mol. The van der Waals surface area contributed by atoms with E-state index in [0.717, 1.165) is 59.2 Å². The predicted molar refractivity (Wildman–Crippen MR) is 194 cm³/mol. The number of carbonyl (C=O) groups is 2. The highest BCUT2D eigenvalue weighted by Gasteiger charge is 2.51. The van der Waals surface area contributed by atoms with Gasteiger partial charge in [-0.05, 0) is 78.6 Å². The lowest BCUT2D eigenvalue weighted by Gasteiger charge is -2.36. The van der Waals surface area contributed by atoms with Crippen molar-refractivity contribution in [1.29, 1.82) is 0 Å². The largest absolute Gasteiger partial charge is 0.497 e. The van der Waals surface area contributed by atoms with Gasteiger partial charge >= 0.3 is 0 Å². The first-order valence-corrected chi connectivity index (χ1v) is 20.4. The van der Waals surface area contributed by atoms with Crippen molar-refractivity contribution in [3.8, 4) is 5.75 Å². The van der Waals surface area contributed by atoms with Gasteiger partial charge in [-0.15, -0.1) is 0 Å². The molecule has 3 N–H and O–H groups in total. The Morgan fingerprint density at radius 1 is 1.06 bits per heavy atom. The van der Waals surface area contributed by atoms with Crippen molar-refractivity contribution in [2.75, 3.05) is 25.6 Å². The molecule has 48 heavy (non-hydrogen) atoms. The molecule has 1 aromatic heterocycles. The number of aliphatic hydroxyl groups excluding tert-OH is 1. The molecule has 0 unspecified atom stereocenters. The first-order valence-electron chi connectivity index (χ1n) is 17.3. The van der Waals surface area contributed by atoms with Crippen molar-refractivity contribution in [2.24, 2.45) is 5.92 Å². The molecule has 3 heterocycles. The van der Waals surface area contributed by atoms with Gasteiger partial charge in [-0.3, -0.25) is 9.59 Å². The molecule has 0 bridgehead atoms. The molecule has 2 fully saturated rings. The van der Waals surface area contributed by atoms with Gasteiger partial charge in [-0.25, -0.2) is 0 Å². The number of ether oxygens (including phenoxy) is 2. The SMILES string of the molecule is COc1ccc([Si](C)(C)[C@@H]2[C@@H](C)[C@@H](CCc3cccc(NC(=O)Cc4c[nH]c5ccccc45)c3)O[C@H]2CC(=O)N2CCC[C@H]2CO)cc1. The summed E-state index contributed by atoms with van der Waals surface area (Å²) < 4.78 is 12.3. The standard InChI is InChI=1S/C39H49N3O5Si/c1-26-35(19-14-27-9-7-10-29(21-27)41-37(44)22-28-24-40-34-13-6-5-12-33(28)34)47-36(23-38(45)42-20-8-11-30(42)25-43)39(26)48(3,4)32-17-15-31(46-2)16-18-32/h5-7,9-10,12-13,15-18,21,24,26,30,35-36,39-40,43H,8,11,14,19-20,22-23,25H2,1-4H3,(H,41,44)/t26-,30-,35+,36-,39+/m0/s1. The summed E-state index contributed by atoms with van der Waals surface area (Å²) in [4.78, 5) is 31.8. The lowest BCUT2D eigenvalue weighted by Crippen LogP contribution is -2.51. The number of nitrogens with zero attached hydrogens (tertiary/aromatic N) is 1. The van der Waals surface area contributed by atoms with E-state index in [-0.39, 0.29) is 48.1 Å². The number of benzene rings is 3. The molecule has 6 rings (SSSR count). The molecule has 0 radical (unpaired) electrons. The van der Waals surface area contributed by atoms with Crippen LogP contribution >= 0.6 is 0 Å². The molecule has 2 saturated heterocycles. The zero-order chi connectivity index (χ0) is 33.8. The summed E-state index contributed by atoms with van der Waals surface area (Å²) >= 11 is 0. The molecular formula is C39H49N3O5Si. The van der Waals surface area contributed by atoms with Crippen molar-refractivity contribution in [1.82, 2.24) is 9.88 Å². The number of methoxy groups -OCH3 is 1. The number of amides is 2. The molecule has 3 aromatic carbocycles. The first-order chi connectivity index (χ1) is 23.2. The number of hydrogen-bond acceptors (Lipinski definition) is 5. The van der Waals surface area contributed by atoms with Gasteiger partial charge in [-0.1, -0.05) is 67.7 Å². The third-order valence-electron chi connectivity index (χ3n) is 10.8. The van der Waals surface area contributed by atoms with E-state index in [0.29, 0.717) is 19.4 Å². The number of aromatic amines is 1. The number of likely N-dealkylation sites (tertiary alicyclic amines) is 1. The Hall–Kier alpha value is -3.92. The number of rotatable bonds is 12. The number of H-pyrrole nitrogens is 1. The smallest absolute Gasteiger partial charge is 0.228 e. The van der Waals surface area contributed by atoms with Gasteiger partial charge in [0.2, 0.25) is 11.8 Å². The highest BCUT2D eigenvalue weighted by molar-refractivity contribution is 6.91. The lowest BCUT2D eigenvalue weighted by atomic mass is 9.95. The number of hydrogen-bond donors (Lipinski definition) is 3. The van der Waals surface area contributed by atoms with E-state index in [1.54, 1.807) is 7.11 Å². The van der Waals surface area contributed by atoms with Crippen molar-refractivity contribution >= 4 is 41.7 Å². The Bertz CT molecular complexity index is 1720. The van der Waals surface area contributed by atoms with E-state index in [9.17, 15) is 14.7 Å². The molecule has 8 nitrogen and oxygen atoms in total. The average molecular weight is 668 g/mol. The molecule has 0 spiro atoms. The number of fused-ring (bicyclic) bond motifs is 1. The Morgan fingerprint density at radius 2 is 1.85 bits per heavy atom. The van der Waals surface area contributed by atoms with E-state index >= 15 is 0 Å². The van der Waals surface area contributed by atoms with E-state index in [1.807, 2.05) is 59.6 Å². The molecule has 2 aliphatic rings. The van der Waals surface area contributed by atoms with Crippen LogP contribution in [0.3, 0.4) is 0 Å². The minimum absolute atomic E-state index is 0.00478. The van der Waals surface area contributed by atoms with Crippen molar-refractivity contribution in [2.45, 2.75) is 82.3 Å². The molecule has 2 amide bonds. The van der Waals surface area contributed by atoms with Gasteiger partial charge in [0.15, 0.2) is 0 Å². The quantitative estimate of drug-likeness (QED) is 0.160. The van der Waals surface area contributed by atoms with Crippen LogP contribution in [0.1, 0.15) is 43.7 Å². The van der Waals surface area contributed by atoms with E-state index in [4.69, 9.17) is 9.47 Å². The second-order valence-corrected chi connectivity index (χ2v) is 18.8. The maximum Gasteiger partial charge on any atom is 0.228 e. The minimum Gasteiger partial charge on any atom is -0.497 e. The number of carbonyl (C=O) groups excluding carboxylic acids is 2. The van der Waals surface area contributed by atoms with Crippen LogP contribution in [0, 0.1) is 5.92 Å². The molecular weight excluding hydrogens is 619 g/mol. The number of nitrogens with one attached hydrogen (secondary N) is 2. The van der Waals surface area contributed by atoms with Crippen LogP contribution in [0.25, 0.3) is 10.9 Å². The molecule has 4 aromatic rings. The summed E-state index contributed by atoms with van der Waals surface area (Å²) in [7, 11) is -0.428. The number of anilines is 1. The van der Waals surface area contributed by atoms with E-state index in [2.05, 4.69) is 54.6 Å². The van der Waals surface area contributed by atoms with Crippen LogP contribution < -0.4 is 15.2 Å². The summed E-state index contributed by atoms with van der Waals surface area (Å²) in [6.45, 7) is 7.80. The molecule has 0 saturated carbocycles. The van der Waals surface area contributed by atoms with Gasteiger partial charge in [0.05, 0.1) is 52.9 Å². The summed E-state index contributed by atoms with van der Waals surface area (Å²) in [5, 5.41) is 15.4.